The SMILES string of the molecule is CCc1nc(C)c(C(=O)NC(C)c2cnn(C)c2C)s1. The van der Waals surface area contributed by atoms with E-state index in [0.29, 0.717) is 4.88 Å². The van der Waals surface area contributed by atoms with Crippen LogP contribution in [-0.4, -0.2) is 20.7 Å². The lowest BCUT2D eigenvalue weighted by molar-refractivity contribution is 0.0943. The standard InChI is InChI=1S/C14H20N4OS/c1-6-12-16-9(3)13(20-12)14(19)17-8(2)11-7-15-18(5)10(11)4/h7-8H,6H2,1-5H3,(H,17,19). The smallest absolute Gasteiger partial charge is 0.263 e. The zero-order chi connectivity index (χ0) is 14.9. The highest BCUT2D eigenvalue weighted by atomic mass is 32.1. The minimum Gasteiger partial charge on any atom is -0.345 e. The maximum atomic E-state index is 12.3. The van der Waals surface area contributed by atoms with E-state index in [1.54, 1.807) is 6.20 Å². The maximum Gasteiger partial charge on any atom is 0.263 e. The number of thiazole rings is 1. The van der Waals surface area contributed by atoms with E-state index in [1.807, 2.05) is 39.4 Å². The van der Waals surface area contributed by atoms with Gasteiger partial charge in [0.2, 0.25) is 0 Å². The molecule has 0 aliphatic carbocycles. The monoisotopic (exact) mass is 292 g/mol. The molecule has 0 spiro atoms. The van der Waals surface area contributed by atoms with Gasteiger partial charge in [-0.25, -0.2) is 4.98 Å². The van der Waals surface area contributed by atoms with E-state index in [1.165, 1.54) is 11.3 Å². The molecule has 2 aromatic rings. The Bertz CT molecular complexity index is 629. The van der Waals surface area contributed by atoms with E-state index >= 15 is 0 Å². The predicted molar refractivity (Wildman–Crippen MR) is 80.1 cm³/mol. The molecule has 20 heavy (non-hydrogen) atoms. The van der Waals surface area contributed by atoms with Gasteiger partial charge in [0.1, 0.15) is 4.88 Å². The summed E-state index contributed by atoms with van der Waals surface area (Å²) in [6.45, 7) is 7.89. The van der Waals surface area contributed by atoms with Gasteiger partial charge in [-0.05, 0) is 27.2 Å². The molecule has 0 saturated carbocycles. The molecule has 1 N–H and O–H groups in total. The van der Waals surface area contributed by atoms with Gasteiger partial charge < -0.3 is 5.32 Å². The average molecular weight is 292 g/mol. The molecule has 0 saturated heterocycles. The van der Waals surface area contributed by atoms with Gasteiger partial charge >= 0.3 is 0 Å². The first-order valence-electron chi connectivity index (χ1n) is 6.69. The normalized spacial score (nSPS) is 12.4. The topological polar surface area (TPSA) is 59.8 Å². The van der Waals surface area contributed by atoms with Crippen molar-refractivity contribution in [2.24, 2.45) is 7.05 Å². The van der Waals surface area contributed by atoms with E-state index < -0.39 is 0 Å². The summed E-state index contributed by atoms with van der Waals surface area (Å²) < 4.78 is 1.81. The largest absolute Gasteiger partial charge is 0.345 e. The van der Waals surface area contributed by atoms with E-state index in [-0.39, 0.29) is 11.9 Å². The lowest BCUT2D eigenvalue weighted by atomic mass is 10.1. The number of amides is 1. The molecule has 1 atom stereocenters. The molecule has 6 heteroatoms. The lowest BCUT2D eigenvalue weighted by Gasteiger charge is -2.13. The van der Waals surface area contributed by atoms with Crippen molar-refractivity contribution >= 4 is 17.2 Å². The van der Waals surface area contributed by atoms with Gasteiger partial charge in [-0.2, -0.15) is 5.10 Å². The summed E-state index contributed by atoms with van der Waals surface area (Å²) in [7, 11) is 1.90. The minimum absolute atomic E-state index is 0.0598. The van der Waals surface area contributed by atoms with Gasteiger partial charge in [0, 0.05) is 18.3 Å². The maximum absolute atomic E-state index is 12.3. The van der Waals surface area contributed by atoms with Crippen LogP contribution in [0.15, 0.2) is 6.20 Å². The van der Waals surface area contributed by atoms with Gasteiger partial charge in [-0.15, -0.1) is 11.3 Å². The molecule has 1 unspecified atom stereocenters. The first kappa shape index (κ1) is 14.7. The second kappa shape index (κ2) is 5.75. The van der Waals surface area contributed by atoms with Gasteiger partial charge in [0.25, 0.3) is 5.91 Å². The van der Waals surface area contributed by atoms with Crippen molar-refractivity contribution in [2.75, 3.05) is 0 Å². The van der Waals surface area contributed by atoms with E-state index in [2.05, 4.69) is 15.4 Å². The van der Waals surface area contributed by atoms with Crippen LogP contribution in [0.1, 0.15) is 51.5 Å². The van der Waals surface area contributed by atoms with Crippen molar-refractivity contribution in [3.05, 3.63) is 33.0 Å². The van der Waals surface area contributed by atoms with Crippen molar-refractivity contribution in [1.29, 1.82) is 0 Å². The Morgan fingerprint density at radius 3 is 2.70 bits per heavy atom. The van der Waals surface area contributed by atoms with Gasteiger partial charge in [0.15, 0.2) is 0 Å². The fourth-order valence-electron chi connectivity index (χ4n) is 2.09. The summed E-state index contributed by atoms with van der Waals surface area (Å²) in [5, 5.41) is 8.23. The summed E-state index contributed by atoms with van der Waals surface area (Å²) in [5.41, 5.74) is 2.91. The molecular formula is C14H20N4OS. The third kappa shape index (κ3) is 2.75. The number of aromatic nitrogens is 3. The van der Waals surface area contributed by atoms with E-state index in [9.17, 15) is 4.79 Å². The number of hydrogen-bond donors (Lipinski definition) is 1. The van der Waals surface area contributed by atoms with Crippen LogP contribution in [0.3, 0.4) is 0 Å². The zero-order valence-electron chi connectivity index (χ0n) is 12.5. The highest BCUT2D eigenvalue weighted by molar-refractivity contribution is 7.13. The molecule has 2 aromatic heterocycles. The predicted octanol–water partition coefficient (Wildman–Crippen LogP) is 2.55. The van der Waals surface area contributed by atoms with Crippen LogP contribution in [0.4, 0.5) is 0 Å². The molecular weight excluding hydrogens is 272 g/mol. The van der Waals surface area contributed by atoms with Gasteiger partial charge in [-0.3, -0.25) is 9.48 Å². The zero-order valence-corrected chi connectivity index (χ0v) is 13.3. The second-order valence-corrected chi connectivity index (χ2v) is 5.96. The van der Waals surface area contributed by atoms with Crippen LogP contribution in [-0.2, 0) is 13.5 Å². The highest BCUT2D eigenvalue weighted by Gasteiger charge is 2.19. The number of aryl methyl sites for hydroxylation is 3. The molecule has 0 aliphatic heterocycles. The first-order chi connectivity index (χ1) is 9.43. The van der Waals surface area contributed by atoms with Crippen molar-refractivity contribution < 1.29 is 4.79 Å². The molecule has 5 nitrogen and oxygen atoms in total. The Balaban J connectivity index is 2.15. The average Bonchev–Trinajstić information content (AvgIpc) is 2.94. The third-order valence-electron chi connectivity index (χ3n) is 3.44. The number of carbonyl (C=O) groups is 1. The van der Waals surface area contributed by atoms with Crippen LogP contribution in [0.5, 0.6) is 0 Å². The van der Waals surface area contributed by atoms with Crippen molar-refractivity contribution in [3.8, 4) is 0 Å². The summed E-state index contributed by atoms with van der Waals surface area (Å²) in [6.07, 6.45) is 2.66. The second-order valence-electron chi connectivity index (χ2n) is 4.88. The minimum atomic E-state index is -0.0669. The van der Waals surface area contributed by atoms with Crippen molar-refractivity contribution in [3.63, 3.8) is 0 Å². The summed E-state index contributed by atoms with van der Waals surface area (Å²) >= 11 is 1.47. The van der Waals surface area contributed by atoms with Crippen LogP contribution in [0.2, 0.25) is 0 Å². The van der Waals surface area contributed by atoms with E-state index in [0.717, 1.165) is 28.4 Å². The first-order valence-corrected chi connectivity index (χ1v) is 7.51. The highest BCUT2D eigenvalue weighted by Crippen LogP contribution is 2.21. The van der Waals surface area contributed by atoms with Crippen LogP contribution >= 0.6 is 11.3 Å². The molecule has 0 aliphatic rings. The van der Waals surface area contributed by atoms with Crippen LogP contribution in [0.25, 0.3) is 0 Å². The Labute approximate surface area is 123 Å². The summed E-state index contributed by atoms with van der Waals surface area (Å²) in [4.78, 5) is 17.4. The van der Waals surface area contributed by atoms with Gasteiger partial charge in [-0.1, -0.05) is 6.92 Å². The van der Waals surface area contributed by atoms with E-state index in [4.69, 9.17) is 0 Å². The molecule has 0 aromatic carbocycles. The fraction of sp³-hybridized carbons (Fsp3) is 0.500. The fourth-order valence-corrected chi connectivity index (χ4v) is 3.00. The van der Waals surface area contributed by atoms with Crippen LogP contribution in [0, 0.1) is 13.8 Å². The number of hydrogen-bond acceptors (Lipinski definition) is 4. The molecule has 0 fully saturated rings. The van der Waals surface area contributed by atoms with Gasteiger partial charge in [0.05, 0.1) is 22.9 Å². The number of rotatable bonds is 4. The molecule has 0 radical (unpaired) electrons. The van der Waals surface area contributed by atoms with Crippen molar-refractivity contribution in [1.82, 2.24) is 20.1 Å². The Hall–Kier alpha value is -1.69. The Morgan fingerprint density at radius 2 is 2.20 bits per heavy atom. The molecule has 1 amide bonds. The molecule has 0 bridgehead atoms. The molecule has 2 heterocycles. The molecule has 2 rings (SSSR count). The quantitative estimate of drug-likeness (QED) is 0.942. The summed E-state index contributed by atoms with van der Waals surface area (Å²) in [6, 6.07) is -0.0669. The molecule has 108 valence electrons. The number of nitrogens with one attached hydrogen (secondary N) is 1. The number of nitrogens with zero attached hydrogens (tertiary/aromatic N) is 3. The van der Waals surface area contributed by atoms with Crippen LogP contribution < -0.4 is 5.32 Å². The third-order valence-corrected chi connectivity index (χ3v) is 4.74. The lowest BCUT2D eigenvalue weighted by Crippen LogP contribution is -2.26. The summed E-state index contributed by atoms with van der Waals surface area (Å²) in [5.74, 6) is -0.0598. The Kier molecular flexibility index (Phi) is 4.23. The number of carbonyl (C=O) groups excluding carboxylic acids is 1. The van der Waals surface area contributed by atoms with Crippen molar-refractivity contribution in [2.45, 2.75) is 40.2 Å². The Morgan fingerprint density at radius 1 is 1.50 bits per heavy atom.